The van der Waals surface area contributed by atoms with Crippen molar-refractivity contribution in [2.24, 2.45) is 5.92 Å². The number of fused-ring (bicyclic) bond motifs is 1. The van der Waals surface area contributed by atoms with Crippen LogP contribution < -0.4 is 5.32 Å². The molecular formula is C24H28N4O. The number of urea groups is 1. The molecule has 2 heterocycles. The van der Waals surface area contributed by atoms with Gasteiger partial charge >= 0.3 is 6.03 Å². The average molecular weight is 389 g/mol. The van der Waals surface area contributed by atoms with E-state index < -0.39 is 0 Å². The summed E-state index contributed by atoms with van der Waals surface area (Å²) in [5.74, 6) is 0.417. The number of hydrogen-bond acceptors (Lipinski definition) is 3. The Hall–Kier alpha value is -2.92. The van der Waals surface area contributed by atoms with Gasteiger partial charge in [-0.1, -0.05) is 49.4 Å². The van der Waals surface area contributed by atoms with Gasteiger partial charge in [-0.3, -0.25) is 9.88 Å². The number of nitrogens with zero attached hydrogens (tertiary/aromatic N) is 3. The molecule has 4 rings (SSSR count). The van der Waals surface area contributed by atoms with Gasteiger partial charge in [-0.25, -0.2) is 4.79 Å². The highest BCUT2D eigenvalue weighted by Crippen LogP contribution is 2.25. The molecule has 1 saturated heterocycles. The van der Waals surface area contributed by atoms with E-state index in [9.17, 15) is 4.79 Å². The first-order chi connectivity index (χ1) is 14.1. The summed E-state index contributed by atoms with van der Waals surface area (Å²) in [7, 11) is 1.91. The molecule has 0 radical (unpaired) electrons. The first-order valence-electron chi connectivity index (χ1n) is 10.2. The van der Waals surface area contributed by atoms with Crippen molar-refractivity contribution in [2.75, 3.05) is 25.5 Å². The Bertz CT molecular complexity index is 970. The number of carbonyl (C=O) groups is 1. The maximum Gasteiger partial charge on any atom is 0.321 e. The quantitative estimate of drug-likeness (QED) is 0.710. The molecule has 1 aromatic heterocycles. The summed E-state index contributed by atoms with van der Waals surface area (Å²) in [5, 5.41) is 5.13. The minimum Gasteiger partial charge on any atom is -0.324 e. The topological polar surface area (TPSA) is 48.5 Å². The Kier molecular flexibility index (Phi) is 5.76. The standard InChI is InChI=1S/C24H28N4O/c1-18-16-28(17-19-7-4-3-5-8-19)14-12-23(18)27(2)24(29)26-22-10-6-9-20-15-25-13-11-21(20)22/h3-11,13,15,18,23H,12,14,16-17H2,1-2H3,(H,26,29). The predicted molar refractivity (Wildman–Crippen MR) is 118 cm³/mol. The maximum absolute atomic E-state index is 13.0. The van der Waals surface area contributed by atoms with Gasteiger partial charge in [0, 0.05) is 55.9 Å². The van der Waals surface area contributed by atoms with Crippen LogP contribution in [0.15, 0.2) is 67.0 Å². The third-order valence-electron chi connectivity index (χ3n) is 5.93. The minimum absolute atomic E-state index is 0.0531. The van der Waals surface area contributed by atoms with Crippen LogP contribution in [-0.4, -0.2) is 47.0 Å². The van der Waals surface area contributed by atoms with E-state index in [-0.39, 0.29) is 12.1 Å². The zero-order valence-corrected chi connectivity index (χ0v) is 17.1. The van der Waals surface area contributed by atoms with E-state index in [1.54, 1.807) is 6.20 Å². The van der Waals surface area contributed by atoms with Gasteiger partial charge in [-0.05, 0) is 30.0 Å². The van der Waals surface area contributed by atoms with Gasteiger partial charge in [0.15, 0.2) is 0 Å². The van der Waals surface area contributed by atoms with Gasteiger partial charge in [0.25, 0.3) is 0 Å². The molecule has 1 N–H and O–H groups in total. The summed E-state index contributed by atoms with van der Waals surface area (Å²) in [5.41, 5.74) is 2.17. The van der Waals surface area contributed by atoms with Gasteiger partial charge in [0.05, 0.1) is 5.69 Å². The van der Waals surface area contributed by atoms with E-state index in [0.717, 1.165) is 42.5 Å². The van der Waals surface area contributed by atoms with Crippen LogP contribution in [0.4, 0.5) is 10.5 Å². The van der Waals surface area contributed by atoms with Crippen molar-refractivity contribution in [3.63, 3.8) is 0 Å². The molecule has 2 atom stereocenters. The predicted octanol–water partition coefficient (Wildman–Crippen LogP) is 4.61. The van der Waals surface area contributed by atoms with Crippen LogP contribution in [-0.2, 0) is 6.54 Å². The van der Waals surface area contributed by atoms with E-state index in [4.69, 9.17) is 0 Å². The lowest BCUT2D eigenvalue weighted by Gasteiger charge is -2.41. The Morgan fingerprint density at radius 1 is 1.17 bits per heavy atom. The summed E-state index contributed by atoms with van der Waals surface area (Å²) in [4.78, 5) is 21.5. The maximum atomic E-state index is 13.0. The van der Waals surface area contributed by atoms with E-state index in [0.29, 0.717) is 5.92 Å². The summed E-state index contributed by atoms with van der Waals surface area (Å²) in [6.45, 7) is 5.21. The highest BCUT2D eigenvalue weighted by molar-refractivity contribution is 6.01. The molecule has 150 valence electrons. The number of amides is 2. The highest BCUT2D eigenvalue weighted by Gasteiger charge is 2.31. The molecule has 3 aromatic rings. The van der Waals surface area contributed by atoms with Crippen LogP contribution in [0.2, 0.25) is 0 Å². The average Bonchev–Trinajstić information content (AvgIpc) is 2.74. The second kappa shape index (κ2) is 8.62. The Morgan fingerprint density at radius 3 is 2.79 bits per heavy atom. The molecule has 2 aromatic carbocycles. The fourth-order valence-corrected chi connectivity index (χ4v) is 4.37. The van der Waals surface area contributed by atoms with Crippen molar-refractivity contribution in [1.29, 1.82) is 0 Å². The molecule has 1 aliphatic rings. The van der Waals surface area contributed by atoms with Crippen LogP contribution in [0.5, 0.6) is 0 Å². The first kappa shape index (κ1) is 19.4. The number of aromatic nitrogens is 1. The number of piperidine rings is 1. The molecule has 5 heteroatoms. The van der Waals surface area contributed by atoms with Gasteiger partial charge < -0.3 is 10.2 Å². The molecule has 1 aliphatic heterocycles. The number of anilines is 1. The van der Waals surface area contributed by atoms with Crippen molar-refractivity contribution in [3.05, 3.63) is 72.6 Å². The van der Waals surface area contributed by atoms with E-state index >= 15 is 0 Å². The number of rotatable bonds is 4. The smallest absolute Gasteiger partial charge is 0.321 e. The summed E-state index contributed by atoms with van der Waals surface area (Å²) >= 11 is 0. The minimum atomic E-state index is -0.0531. The van der Waals surface area contributed by atoms with Crippen molar-refractivity contribution >= 4 is 22.5 Å². The summed E-state index contributed by atoms with van der Waals surface area (Å²) in [6, 6.07) is 18.6. The van der Waals surface area contributed by atoms with Crippen LogP contribution in [0.25, 0.3) is 10.8 Å². The lowest BCUT2D eigenvalue weighted by atomic mass is 9.92. The summed E-state index contributed by atoms with van der Waals surface area (Å²) < 4.78 is 0. The van der Waals surface area contributed by atoms with Crippen LogP contribution >= 0.6 is 0 Å². The highest BCUT2D eigenvalue weighted by atomic mass is 16.2. The monoisotopic (exact) mass is 388 g/mol. The lowest BCUT2D eigenvalue weighted by molar-refractivity contribution is 0.0933. The van der Waals surface area contributed by atoms with Crippen molar-refractivity contribution < 1.29 is 4.79 Å². The van der Waals surface area contributed by atoms with E-state index in [1.165, 1.54) is 5.56 Å². The first-order valence-corrected chi connectivity index (χ1v) is 10.2. The molecule has 1 fully saturated rings. The Morgan fingerprint density at radius 2 is 2.00 bits per heavy atom. The molecule has 5 nitrogen and oxygen atoms in total. The largest absolute Gasteiger partial charge is 0.324 e. The molecule has 0 saturated carbocycles. The van der Waals surface area contributed by atoms with Gasteiger partial charge in [-0.2, -0.15) is 0 Å². The molecule has 2 unspecified atom stereocenters. The number of nitrogens with one attached hydrogen (secondary N) is 1. The fraction of sp³-hybridized carbons (Fsp3) is 0.333. The zero-order chi connectivity index (χ0) is 20.2. The third-order valence-corrected chi connectivity index (χ3v) is 5.93. The normalized spacial score (nSPS) is 19.8. The number of hydrogen-bond donors (Lipinski definition) is 1. The third kappa shape index (κ3) is 4.40. The summed E-state index contributed by atoms with van der Waals surface area (Å²) in [6.07, 6.45) is 4.56. The molecule has 0 aliphatic carbocycles. The van der Waals surface area contributed by atoms with Gasteiger partial charge in [0.1, 0.15) is 0 Å². The molecule has 0 spiro atoms. The van der Waals surface area contributed by atoms with Crippen LogP contribution in [0.1, 0.15) is 18.9 Å². The number of carbonyl (C=O) groups excluding carboxylic acids is 1. The number of pyridine rings is 1. The zero-order valence-electron chi connectivity index (χ0n) is 17.1. The molecular weight excluding hydrogens is 360 g/mol. The second-order valence-corrected chi connectivity index (χ2v) is 8.00. The Balaban J connectivity index is 1.39. The lowest BCUT2D eigenvalue weighted by Crippen LogP contribution is -2.51. The number of likely N-dealkylation sites (tertiary alicyclic amines) is 1. The van der Waals surface area contributed by atoms with E-state index in [2.05, 4.69) is 52.5 Å². The Labute approximate surface area is 172 Å². The van der Waals surface area contributed by atoms with Gasteiger partial charge in [-0.15, -0.1) is 0 Å². The molecule has 0 bridgehead atoms. The van der Waals surface area contributed by atoms with Crippen molar-refractivity contribution in [1.82, 2.24) is 14.8 Å². The second-order valence-electron chi connectivity index (χ2n) is 8.00. The number of benzene rings is 2. The molecule has 2 amide bonds. The SMILES string of the molecule is CC1CN(Cc2ccccc2)CCC1N(C)C(=O)Nc1cccc2cnccc12. The van der Waals surface area contributed by atoms with E-state index in [1.807, 2.05) is 42.4 Å². The van der Waals surface area contributed by atoms with Crippen LogP contribution in [0.3, 0.4) is 0 Å². The fourth-order valence-electron chi connectivity index (χ4n) is 4.37. The van der Waals surface area contributed by atoms with Crippen molar-refractivity contribution in [2.45, 2.75) is 25.9 Å². The van der Waals surface area contributed by atoms with Gasteiger partial charge in [0.2, 0.25) is 0 Å². The molecule has 29 heavy (non-hydrogen) atoms. The van der Waals surface area contributed by atoms with Crippen LogP contribution in [0, 0.1) is 5.92 Å². The van der Waals surface area contributed by atoms with Crippen molar-refractivity contribution in [3.8, 4) is 0 Å².